The SMILES string of the molecule is COc1cc(C(=O)N2CCC(C)C2CN)ccc1F. The molecule has 5 heteroatoms. The smallest absolute Gasteiger partial charge is 0.254 e. The largest absolute Gasteiger partial charge is 0.494 e. The summed E-state index contributed by atoms with van der Waals surface area (Å²) < 4.78 is 18.2. The number of halogens is 1. The van der Waals surface area contributed by atoms with Crippen molar-refractivity contribution >= 4 is 5.91 Å². The Labute approximate surface area is 112 Å². The molecule has 2 unspecified atom stereocenters. The first kappa shape index (κ1) is 13.8. The third kappa shape index (κ3) is 2.56. The number of hydrogen-bond donors (Lipinski definition) is 1. The summed E-state index contributed by atoms with van der Waals surface area (Å²) in [5.41, 5.74) is 6.17. The number of hydrogen-bond acceptors (Lipinski definition) is 3. The zero-order valence-corrected chi connectivity index (χ0v) is 11.2. The van der Waals surface area contributed by atoms with Gasteiger partial charge in [-0.25, -0.2) is 4.39 Å². The number of methoxy groups -OCH3 is 1. The molecule has 1 aliphatic rings. The fraction of sp³-hybridized carbons (Fsp3) is 0.500. The van der Waals surface area contributed by atoms with Gasteiger partial charge in [0.2, 0.25) is 0 Å². The molecule has 1 fully saturated rings. The van der Waals surface area contributed by atoms with E-state index in [1.165, 1.54) is 25.3 Å². The lowest BCUT2D eigenvalue weighted by Gasteiger charge is -2.26. The Morgan fingerprint density at radius 1 is 1.58 bits per heavy atom. The Kier molecular flexibility index (Phi) is 4.04. The van der Waals surface area contributed by atoms with Crippen LogP contribution in [0, 0.1) is 11.7 Å². The molecule has 1 aromatic carbocycles. The first-order chi connectivity index (χ1) is 9.08. The lowest BCUT2D eigenvalue weighted by molar-refractivity contribution is 0.0727. The van der Waals surface area contributed by atoms with Crippen LogP contribution in [0.1, 0.15) is 23.7 Å². The van der Waals surface area contributed by atoms with Crippen molar-refractivity contribution in [1.29, 1.82) is 0 Å². The molecule has 0 aliphatic carbocycles. The maximum atomic E-state index is 13.3. The van der Waals surface area contributed by atoms with Gasteiger partial charge in [-0.15, -0.1) is 0 Å². The van der Waals surface area contributed by atoms with Gasteiger partial charge in [-0.2, -0.15) is 0 Å². The summed E-state index contributed by atoms with van der Waals surface area (Å²) in [7, 11) is 1.38. The highest BCUT2D eigenvalue weighted by molar-refractivity contribution is 5.95. The van der Waals surface area contributed by atoms with Gasteiger partial charge in [-0.05, 0) is 30.5 Å². The number of carbonyl (C=O) groups excluding carboxylic acids is 1. The van der Waals surface area contributed by atoms with Gasteiger partial charge in [0.15, 0.2) is 11.6 Å². The Bertz CT molecular complexity index is 479. The molecule has 0 saturated carbocycles. The lowest BCUT2D eigenvalue weighted by Crippen LogP contribution is -2.42. The van der Waals surface area contributed by atoms with Crippen molar-refractivity contribution in [3.05, 3.63) is 29.6 Å². The number of likely N-dealkylation sites (tertiary alicyclic amines) is 1. The average molecular weight is 266 g/mol. The second-order valence-corrected chi connectivity index (χ2v) is 4.92. The molecular formula is C14H19FN2O2. The monoisotopic (exact) mass is 266 g/mol. The number of nitrogens with two attached hydrogens (primary N) is 1. The molecule has 1 aliphatic heterocycles. The van der Waals surface area contributed by atoms with Gasteiger partial charge in [0.05, 0.1) is 7.11 Å². The van der Waals surface area contributed by atoms with E-state index in [4.69, 9.17) is 10.5 Å². The molecular weight excluding hydrogens is 247 g/mol. The van der Waals surface area contributed by atoms with E-state index >= 15 is 0 Å². The molecule has 2 rings (SSSR count). The van der Waals surface area contributed by atoms with E-state index in [2.05, 4.69) is 6.92 Å². The standard InChI is InChI=1S/C14H19FN2O2/c1-9-5-6-17(12(9)8-16)14(18)10-3-4-11(15)13(7-10)19-2/h3-4,7,9,12H,5-6,8,16H2,1-2H3. The minimum Gasteiger partial charge on any atom is -0.494 e. The molecule has 4 nitrogen and oxygen atoms in total. The number of rotatable bonds is 3. The summed E-state index contributed by atoms with van der Waals surface area (Å²) in [6.45, 7) is 3.24. The fourth-order valence-corrected chi connectivity index (χ4v) is 2.58. The van der Waals surface area contributed by atoms with E-state index in [9.17, 15) is 9.18 Å². The van der Waals surface area contributed by atoms with Gasteiger partial charge >= 0.3 is 0 Å². The summed E-state index contributed by atoms with van der Waals surface area (Å²) in [5.74, 6) is -0.0963. The summed E-state index contributed by atoms with van der Waals surface area (Å²) >= 11 is 0. The predicted molar refractivity (Wildman–Crippen MR) is 70.6 cm³/mol. The van der Waals surface area contributed by atoms with E-state index in [-0.39, 0.29) is 17.7 Å². The quantitative estimate of drug-likeness (QED) is 0.905. The van der Waals surface area contributed by atoms with Crippen LogP contribution in [-0.4, -0.2) is 37.0 Å². The van der Waals surface area contributed by atoms with E-state index in [0.29, 0.717) is 24.6 Å². The van der Waals surface area contributed by atoms with Crippen LogP contribution in [0.4, 0.5) is 4.39 Å². The van der Waals surface area contributed by atoms with E-state index < -0.39 is 5.82 Å². The minimum atomic E-state index is -0.468. The third-order valence-electron chi connectivity index (χ3n) is 3.78. The van der Waals surface area contributed by atoms with Crippen molar-refractivity contribution in [3.8, 4) is 5.75 Å². The number of nitrogens with zero attached hydrogens (tertiary/aromatic N) is 1. The van der Waals surface area contributed by atoms with Gasteiger partial charge in [0, 0.05) is 24.7 Å². The molecule has 2 N–H and O–H groups in total. The molecule has 1 amide bonds. The van der Waals surface area contributed by atoms with E-state index in [1.54, 1.807) is 4.90 Å². The highest BCUT2D eigenvalue weighted by atomic mass is 19.1. The van der Waals surface area contributed by atoms with Crippen molar-refractivity contribution < 1.29 is 13.9 Å². The maximum absolute atomic E-state index is 13.3. The summed E-state index contributed by atoms with van der Waals surface area (Å²) in [6.07, 6.45) is 0.950. The number of benzene rings is 1. The summed E-state index contributed by atoms with van der Waals surface area (Å²) in [4.78, 5) is 14.2. The average Bonchev–Trinajstić information content (AvgIpc) is 2.79. The molecule has 1 aromatic rings. The zero-order valence-electron chi connectivity index (χ0n) is 11.2. The molecule has 0 spiro atoms. The molecule has 104 valence electrons. The van der Waals surface area contributed by atoms with E-state index in [1.807, 2.05) is 0 Å². The number of ether oxygens (including phenoxy) is 1. The van der Waals surface area contributed by atoms with Crippen molar-refractivity contribution in [2.75, 3.05) is 20.2 Å². The predicted octanol–water partition coefficient (Wildman–Crippen LogP) is 1.64. The van der Waals surface area contributed by atoms with Crippen LogP contribution in [0.5, 0.6) is 5.75 Å². The first-order valence-corrected chi connectivity index (χ1v) is 6.43. The highest BCUT2D eigenvalue weighted by Crippen LogP contribution is 2.26. The Morgan fingerprint density at radius 2 is 2.32 bits per heavy atom. The van der Waals surface area contributed by atoms with Crippen molar-refractivity contribution in [2.45, 2.75) is 19.4 Å². The molecule has 0 bridgehead atoms. The van der Waals surface area contributed by atoms with Crippen molar-refractivity contribution in [3.63, 3.8) is 0 Å². The first-order valence-electron chi connectivity index (χ1n) is 6.43. The molecule has 1 heterocycles. The zero-order chi connectivity index (χ0) is 14.0. The van der Waals surface area contributed by atoms with Crippen LogP contribution >= 0.6 is 0 Å². The van der Waals surface area contributed by atoms with Crippen molar-refractivity contribution in [2.24, 2.45) is 11.7 Å². The van der Waals surface area contributed by atoms with Gasteiger partial charge in [-0.3, -0.25) is 4.79 Å². The maximum Gasteiger partial charge on any atom is 0.254 e. The summed E-state index contributed by atoms with van der Waals surface area (Å²) in [6, 6.07) is 4.23. The Hall–Kier alpha value is -1.62. The van der Waals surface area contributed by atoms with Crippen LogP contribution in [-0.2, 0) is 0 Å². The highest BCUT2D eigenvalue weighted by Gasteiger charge is 2.33. The van der Waals surface area contributed by atoms with Gasteiger partial charge in [0.25, 0.3) is 5.91 Å². The molecule has 19 heavy (non-hydrogen) atoms. The molecule has 0 radical (unpaired) electrons. The molecule has 1 saturated heterocycles. The van der Waals surface area contributed by atoms with Crippen LogP contribution in [0.15, 0.2) is 18.2 Å². The topological polar surface area (TPSA) is 55.6 Å². The molecule has 2 atom stereocenters. The lowest BCUT2D eigenvalue weighted by atomic mass is 10.0. The van der Waals surface area contributed by atoms with Crippen LogP contribution in [0.25, 0.3) is 0 Å². The fourth-order valence-electron chi connectivity index (χ4n) is 2.58. The summed E-state index contributed by atoms with van der Waals surface area (Å²) in [5, 5.41) is 0. The normalized spacial score (nSPS) is 22.6. The number of amides is 1. The Morgan fingerprint density at radius 3 is 2.95 bits per heavy atom. The molecule has 0 aromatic heterocycles. The van der Waals surface area contributed by atoms with Crippen LogP contribution < -0.4 is 10.5 Å². The van der Waals surface area contributed by atoms with Gasteiger partial charge in [-0.1, -0.05) is 6.92 Å². The van der Waals surface area contributed by atoms with Crippen molar-refractivity contribution in [1.82, 2.24) is 4.90 Å². The van der Waals surface area contributed by atoms with E-state index in [0.717, 1.165) is 6.42 Å². The second kappa shape index (κ2) is 5.57. The third-order valence-corrected chi connectivity index (χ3v) is 3.78. The van der Waals surface area contributed by atoms with Gasteiger partial charge in [0.1, 0.15) is 0 Å². The Balaban J connectivity index is 2.24. The minimum absolute atomic E-state index is 0.0588. The van der Waals surface area contributed by atoms with Gasteiger partial charge < -0.3 is 15.4 Å². The second-order valence-electron chi connectivity index (χ2n) is 4.92. The van der Waals surface area contributed by atoms with Crippen LogP contribution in [0.3, 0.4) is 0 Å². The van der Waals surface area contributed by atoms with Crippen LogP contribution in [0.2, 0.25) is 0 Å². The number of carbonyl (C=O) groups is 1.